The van der Waals surface area contributed by atoms with Crippen LogP contribution in [0.25, 0.3) is 0 Å². The van der Waals surface area contributed by atoms with Crippen LogP contribution in [0.15, 0.2) is 12.4 Å². The van der Waals surface area contributed by atoms with Crippen LogP contribution < -0.4 is 11.1 Å². The fourth-order valence-electron chi connectivity index (χ4n) is 2.19. The summed E-state index contributed by atoms with van der Waals surface area (Å²) in [6, 6.07) is 0. The van der Waals surface area contributed by atoms with Crippen LogP contribution in [0.5, 0.6) is 0 Å². The third-order valence-corrected chi connectivity index (χ3v) is 3.30. The molecule has 1 aromatic rings. The lowest BCUT2D eigenvalue weighted by Gasteiger charge is -2.33. The van der Waals surface area contributed by atoms with Crippen molar-refractivity contribution in [3.05, 3.63) is 22.5 Å². The summed E-state index contributed by atoms with van der Waals surface area (Å²) in [6.07, 6.45) is 7.92. The van der Waals surface area contributed by atoms with Gasteiger partial charge in [0.05, 0.1) is 4.92 Å². The Bertz CT molecular complexity index is 414. The molecule has 0 atom stereocenters. The molecule has 18 heavy (non-hydrogen) atoms. The molecule has 0 spiro atoms. The molecule has 0 bridgehead atoms. The van der Waals surface area contributed by atoms with Crippen LogP contribution in [0, 0.1) is 10.1 Å². The maximum Gasteiger partial charge on any atom is 0.305 e. The van der Waals surface area contributed by atoms with Crippen LogP contribution in [-0.4, -0.2) is 27.0 Å². The minimum Gasteiger partial charge on any atom is -0.352 e. The molecule has 1 aromatic heterocycles. The standard InChI is InChI=1S/C11H17N5O2/c12-11(4-2-1-3-5-11)8-15-10-13-6-9(7-14-10)16(17)18/h6-7H,1-5,8,12H2,(H,13,14,15). The van der Waals surface area contributed by atoms with Crippen LogP contribution in [0.1, 0.15) is 32.1 Å². The van der Waals surface area contributed by atoms with E-state index >= 15 is 0 Å². The summed E-state index contributed by atoms with van der Waals surface area (Å²) < 4.78 is 0. The van der Waals surface area contributed by atoms with Crippen LogP contribution in [0.3, 0.4) is 0 Å². The summed E-state index contributed by atoms with van der Waals surface area (Å²) in [5, 5.41) is 13.5. The largest absolute Gasteiger partial charge is 0.352 e. The van der Waals surface area contributed by atoms with Crippen molar-refractivity contribution in [3.63, 3.8) is 0 Å². The number of hydrogen-bond acceptors (Lipinski definition) is 6. The average molecular weight is 251 g/mol. The summed E-state index contributed by atoms with van der Waals surface area (Å²) >= 11 is 0. The Balaban J connectivity index is 1.91. The fourth-order valence-corrected chi connectivity index (χ4v) is 2.19. The van der Waals surface area contributed by atoms with Gasteiger partial charge in [0.25, 0.3) is 0 Å². The predicted molar refractivity (Wildman–Crippen MR) is 67.2 cm³/mol. The molecule has 0 amide bonds. The summed E-state index contributed by atoms with van der Waals surface area (Å²) in [7, 11) is 0. The van der Waals surface area contributed by atoms with Crippen LogP contribution in [0.4, 0.5) is 11.6 Å². The number of nitro groups is 1. The Labute approximate surface area is 105 Å². The SMILES string of the molecule is NC1(CNc2ncc([N+](=O)[O-])cn2)CCCCC1. The number of nitrogens with one attached hydrogen (secondary N) is 1. The molecule has 7 heteroatoms. The van der Waals surface area contributed by atoms with E-state index in [1.54, 1.807) is 0 Å². The first-order valence-corrected chi connectivity index (χ1v) is 6.08. The number of anilines is 1. The highest BCUT2D eigenvalue weighted by atomic mass is 16.6. The summed E-state index contributed by atoms with van der Waals surface area (Å²) in [5.41, 5.74) is 5.94. The molecule has 98 valence electrons. The average Bonchev–Trinajstić information content (AvgIpc) is 2.38. The van der Waals surface area contributed by atoms with Crippen molar-refractivity contribution in [2.24, 2.45) is 5.73 Å². The zero-order chi connectivity index (χ0) is 13.0. The summed E-state index contributed by atoms with van der Waals surface area (Å²) in [5.74, 6) is 0.385. The number of nitrogens with zero attached hydrogens (tertiary/aromatic N) is 3. The molecule has 0 aromatic carbocycles. The third kappa shape index (κ3) is 3.13. The smallest absolute Gasteiger partial charge is 0.305 e. The molecule has 0 radical (unpaired) electrons. The third-order valence-electron chi connectivity index (χ3n) is 3.30. The van der Waals surface area contributed by atoms with Crippen molar-refractivity contribution in [3.8, 4) is 0 Å². The maximum atomic E-state index is 10.5. The van der Waals surface area contributed by atoms with Crippen LogP contribution in [0.2, 0.25) is 0 Å². The Kier molecular flexibility index (Phi) is 3.71. The predicted octanol–water partition coefficient (Wildman–Crippen LogP) is 1.46. The van der Waals surface area contributed by atoms with Crippen LogP contribution in [-0.2, 0) is 0 Å². The second kappa shape index (κ2) is 5.26. The lowest BCUT2D eigenvalue weighted by atomic mass is 9.82. The lowest BCUT2D eigenvalue weighted by Crippen LogP contribution is -2.47. The molecule has 1 aliphatic carbocycles. The molecule has 3 N–H and O–H groups in total. The van der Waals surface area contributed by atoms with E-state index in [4.69, 9.17) is 5.73 Å². The van der Waals surface area contributed by atoms with Gasteiger partial charge in [0.15, 0.2) is 0 Å². The summed E-state index contributed by atoms with van der Waals surface area (Å²) in [4.78, 5) is 17.7. The molecule has 1 heterocycles. The van der Waals surface area contributed by atoms with Gasteiger partial charge in [0.1, 0.15) is 12.4 Å². The summed E-state index contributed by atoms with van der Waals surface area (Å²) in [6.45, 7) is 0.602. The minimum atomic E-state index is -0.519. The Morgan fingerprint density at radius 2 is 1.94 bits per heavy atom. The van der Waals surface area contributed by atoms with Gasteiger partial charge in [-0.25, -0.2) is 9.97 Å². The van der Waals surface area contributed by atoms with E-state index in [0.29, 0.717) is 12.5 Å². The van der Waals surface area contributed by atoms with E-state index in [-0.39, 0.29) is 11.2 Å². The molecule has 1 fully saturated rings. The van der Waals surface area contributed by atoms with Gasteiger partial charge in [-0.3, -0.25) is 10.1 Å². The highest BCUT2D eigenvalue weighted by Gasteiger charge is 2.27. The topological polar surface area (TPSA) is 107 Å². The van der Waals surface area contributed by atoms with Gasteiger partial charge in [0.2, 0.25) is 5.95 Å². The Morgan fingerprint density at radius 1 is 1.33 bits per heavy atom. The normalized spacial score (nSPS) is 18.3. The molecular formula is C11H17N5O2. The van der Waals surface area contributed by atoms with Crippen molar-refractivity contribution in [2.45, 2.75) is 37.6 Å². The number of nitrogens with two attached hydrogens (primary N) is 1. The lowest BCUT2D eigenvalue weighted by molar-refractivity contribution is -0.385. The van der Waals surface area contributed by atoms with Crippen molar-refractivity contribution >= 4 is 11.6 Å². The quantitative estimate of drug-likeness (QED) is 0.619. The zero-order valence-corrected chi connectivity index (χ0v) is 10.1. The second-order valence-electron chi connectivity index (χ2n) is 4.80. The van der Waals surface area contributed by atoms with Gasteiger partial charge in [-0.2, -0.15) is 0 Å². The zero-order valence-electron chi connectivity index (χ0n) is 10.1. The van der Waals surface area contributed by atoms with Gasteiger partial charge in [0, 0.05) is 12.1 Å². The maximum absolute atomic E-state index is 10.5. The van der Waals surface area contributed by atoms with E-state index in [1.807, 2.05) is 0 Å². The van der Waals surface area contributed by atoms with Crippen molar-refractivity contribution in [2.75, 3.05) is 11.9 Å². The van der Waals surface area contributed by atoms with E-state index in [0.717, 1.165) is 25.7 Å². The van der Waals surface area contributed by atoms with E-state index in [1.165, 1.54) is 18.8 Å². The van der Waals surface area contributed by atoms with Gasteiger partial charge in [-0.15, -0.1) is 0 Å². The molecule has 0 saturated heterocycles. The number of rotatable bonds is 4. The van der Waals surface area contributed by atoms with Crippen molar-refractivity contribution in [1.82, 2.24) is 9.97 Å². The van der Waals surface area contributed by atoms with Gasteiger partial charge in [-0.05, 0) is 12.8 Å². The molecule has 7 nitrogen and oxygen atoms in total. The van der Waals surface area contributed by atoms with Gasteiger partial charge >= 0.3 is 5.69 Å². The molecule has 1 aliphatic rings. The fraction of sp³-hybridized carbons (Fsp3) is 0.636. The molecule has 1 saturated carbocycles. The second-order valence-corrected chi connectivity index (χ2v) is 4.80. The van der Waals surface area contributed by atoms with Crippen molar-refractivity contribution in [1.29, 1.82) is 0 Å². The first-order chi connectivity index (χ1) is 8.59. The monoisotopic (exact) mass is 251 g/mol. The highest BCUT2D eigenvalue weighted by Crippen LogP contribution is 2.25. The van der Waals surface area contributed by atoms with Gasteiger partial charge < -0.3 is 11.1 Å². The molecule has 0 aliphatic heterocycles. The van der Waals surface area contributed by atoms with Gasteiger partial charge in [-0.1, -0.05) is 19.3 Å². The first-order valence-electron chi connectivity index (χ1n) is 6.08. The number of hydrogen-bond donors (Lipinski definition) is 2. The van der Waals surface area contributed by atoms with Crippen molar-refractivity contribution < 1.29 is 4.92 Å². The first kappa shape index (κ1) is 12.7. The van der Waals surface area contributed by atoms with Crippen LogP contribution >= 0.6 is 0 Å². The molecular weight excluding hydrogens is 234 g/mol. The van der Waals surface area contributed by atoms with E-state index < -0.39 is 4.92 Å². The minimum absolute atomic E-state index is 0.110. The van der Waals surface area contributed by atoms with E-state index in [9.17, 15) is 10.1 Å². The molecule has 2 rings (SSSR count). The molecule has 0 unspecified atom stereocenters. The number of aromatic nitrogens is 2. The Morgan fingerprint density at radius 3 is 2.50 bits per heavy atom. The van der Waals surface area contributed by atoms with E-state index in [2.05, 4.69) is 15.3 Å². The Hall–Kier alpha value is -1.76. The highest BCUT2D eigenvalue weighted by molar-refractivity contribution is 5.31.